The Labute approximate surface area is 647 Å². The van der Waals surface area contributed by atoms with Gasteiger partial charge in [0.2, 0.25) is 6.71 Å². The summed E-state index contributed by atoms with van der Waals surface area (Å²) in [5.74, 6) is 0. The smallest absolute Gasteiger partial charge is 0.249 e. The normalized spacial score (nSPS) is 15.7. The minimum atomic E-state index is -0.736. The molecule has 500 valence electrons. The largest absolute Gasteiger partial charge is 0.456 e. The molecule has 4 nitrogen and oxygen atoms in total. The van der Waals surface area contributed by atoms with E-state index in [0.717, 1.165) is 93.3 Å². The molecule has 0 unspecified atom stereocenters. The molecule has 0 atom stereocenters. The van der Waals surface area contributed by atoms with Crippen LogP contribution < -0.4 is 21.3 Å². The lowest BCUT2D eigenvalue weighted by Gasteiger charge is -2.42. The number of furan rings is 1. The predicted molar refractivity (Wildman–Crippen MR) is 449 cm³/mol. The number of anilines is 3. The Morgan fingerprint density at radius 2 is 0.869 bits per heavy atom. The molecule has 16 aromatic carbocycles. The first-order chi connectivity index (χ1) is 59.4. The highest BCUT2D eigenvalue weighted by Crippen LogP contribution is 2.64. The van der Waals surface area contributed by atoms with Gasteiger partial charge in [0, 0.05) is 76.0 Å². The van der Waals surface area contributed by atoms with Crippen LogP contribution >= 0.6 is 11.8 Å². The van der Waals surface area contributed by atoms with Crippen molar-refractivity contribution in [1.82, 2.24) is 9.13 Å². The van der Waals surface area contributed by atoms with Gasteiger partial charge in [-0.25, -0.2) is 0 Å². The molecule has 2 aliphatic carbocycles. The van der Waals surface area contributed by atoms with Crippen LogP contribution in [0, 0.1) is 0 Å². The average molecular weight is 1400 g/mol. The van der Waals surface area contributed by atoms with Crippen molar-refractivity contribution in [2.45, 2.75) is 41.4 Å². The van der Waals surface area contributed by atoms with Crippen molar-refractivity contribution < 1.29 is 26.3 Å². The van der Waals surface area contributed by atoms with E-state index in [2.05, 4.69) is 189 Å². The predicted octanol–water partition coefficient (Wildman–Crippen LogP) is 24.9. The molecular formula is C101H66BN3OS. The topological polar surface area (TPSA) is 26.2 Å². The molecule has 2 aliphatic heterocycles. The summed E-state index contributed by atoms with van der Waals surface area (Å²) >= 11 is 1.50. The summed E-state index contributed by atoms with van der Waals surface area (Å²) in [7, 11) is 0. The second-order valence-electron chi connectivity index (χ2n) is 29.3. The van der Waals surface area contributed by atoms with E-state index in [0.29, 0.717) is 33.1 Å². The molecule has 0 saturated heterocycles. The fraction of sp³-hybridized carbons (Fsp3) is 0.0495. The maximum Gasteiger partial charge on any atom is 0.249 e. The van der Waals surface area contributed by atoms with Crippen LogP contribution in [0.4, 0.5) is 17.1 Å². The van der Waals surface area contributed by atoms with E-state index >= 15 is 0 Å². The Morgan fingerprint density at radius 1 is 0.374 bits per heavy atom. The molecule has 19 aromatic rings. The third-order valence-corrected chi connectivity index (χ3v) is 24.0. The van der Waals surface area contributed by atoms with E-state index in [1.807, 2.05) is 84.9 Å². The van der Waals surface area contributed by atoms with E-state index in [4.69, 9.17) is 7.16 Å². The monoisotopic (exact) mass is 1400 g/mol. The van der Waals surface area contributed by atoms with Crippen LogP contribution in [-0.4, -0.2) is 15.8 Å². The van der Waals surface area contributed by atoms with Crippen LogP contribution in [-0.2, 0) is 10.8 Å². The summed E-state index contributed by atoms with van der Waals surface area (Å²) in [6.45, 7) is 5.78. The number of benzene rings is 16. The Morgan fingerprint density at radius 3 is 1.51 bits per heavy atom. The highest BCUT2D eigenvalue weighted by molar-refractivity contribution is 8.00. The molecule has 0 N–H and O–H groups in total. The van der Waals surface area contributed by atoms with Crippen LogP contribution in [0.15, 0.2) is 360 Å². The van der Waals surface area contributed by atoms with Crippen molar-refractivity contribution in [2.75, 3.05) is 4.90 Å². The van der Waals surface area contributed by atoms with Crippen molar-refractivity contribution in [1.29, 1.82) is 0 Å². The molecule has 0 fully saturated rings. The summed E-state index contributed by atoms with van der Waals surface area (Å²) in [4.78, 5) is 3.68. The number of fused-ring (bicyclic) bond motifs is 24. The molecule has 3 aromatic heterocycles. The zero-order valence-electron chi connectivity index (χ0n) is 73.9. The van der Waals surface area contributed by atoms with Gasteiger partial charge in [-0.1, -0.05) is 299 Å². The highest BCUT2D eigenvalue weighted by Gasteiger charge is 2.52. The summed E-state index contributed by atoms with van der Waals surface area (Å²) in [5, 5.41) is 1.21. The van der Waals surface area contributed by atoms with Gasteiger partial charge in [-0.15, -0.1) is 0 Å². The number of hydrogen-bond donors (Lipinski definition) is 0. The second kappa shape index (κ2) is 22.6. The van der Waals surface area contributed by atoms with Crippen LogP contribution in [0.5, 0.6) is 0 Å². The number of para-hydroxylation sites is 4. The molecule has 107 heavy (non-hydrogen) atoms. The van der Waals surface area contributed by atoms with Gasteiger partial charge in [0.15, 0.2) is 0 Å². The zero-order chi connectivity index (χ0) is 84.5. The van der Waals surface area contributed by atoms with Crippen LogP contribution in [0.1, 0.15) is 70.5 Å². The molecule has 0 amide bonds. The van der Waals surface area contributed by atoms with Gasteiger partial charge in [0.1, 0.15) is 11.2 Å². The average Bonchev–Trinajstić information content (AvgIpc) is 1.54. The van der Waals surface area contributed by atoms with Gasteiger partial charge in [0.05, 0.1) is 55.1 Å². The molecule has 23 rings (SSSR count). The molecule has 1 spiro atoms. The lowest BCUT2D eigenvalue weighted by molar-refractivity contribution is 0.591. The van der Waals surface area contributed by atoms with Crippen molar-refractivity contribution >= 4 is 117 Å². The summed E-state index contributed by atoms with van der Waals surface area (Å²) in [6.07, 6.45) is 0. The first kappa shape index (κ1) is 46.8. The minimum absolute atomic E-state index is 0.0833. The standard InChI is InChI=1S/C101H66BN3OS/c1-100(2,3)66-56-77(62-28-8-5-9-29-62)98(78(57-66)64-31-24-30-63(54-64)61-26-6-4-7-27-61)105-90-58-67(103-86-44-20-13-34-72(86)73-35-14-21-45-87(73)103)49-50-84(90)102-85-51-53-93-96(99(85)107-94-60-68(59-91(105)97(94)102)104-88-46-22-15-36-74(88)75-37-16-23-47-89(75)104)79-55-65(48-52-92(79)106-93)69-39-25-43-83-95(69)76-38-12-19-42-82(76)101(83)80-40-17-10-32-70(80)71-33-11-18-41-81(71)101/h4-60H,1-3H3/i13D,14D,15D,16D,20D,21D,22D,23D,34D,35D,36D,37D,44D,45D,46D,47D. The molecule has 0 radical (unpaired) electrons. The Kier molecular flexibility index (Phi) is 9.87. The van der Waals surface area contributed by atoms with Gasteiger partial charge in [0.25, 0.3) is 0 Å². The molecule has 4 aliphatic rings. The first-order valence-electron chi connectivity index (χ1n) is 44.0. The molecule has 6 heteroatoms. The van der Waals surface area contributed by atoms with Gasteiger partial charge < -0.3 is 18.5 Å². The number of aromatic nitrogens is 2. The Hall–Kier alpha value is -12.9. The summed E-state index contributed by atoms with van der Waals surface area (Å²) < 4.78 is 163. The van der Waals surface area contributed by atoms with E-state index in [1.54, 1.807) is 4.57 Å². The van der Waals surface area contributed by atoms with E-state index in [-0.39, 0.29) is 55.0 Å². The second-order valence-corrected chi connectivity index (χ2v) is 30.4. The van der Waals surface area contributed by atoms with Gasteiger partial charge >= 0.3 is 0 Å². The Balaban J connectivity index is 0.871. The number of hydrogen-bond acceptors (Lipinski definition) is 3. The Bertz CT molecular complexity index is 7870. The zero-order valence-corrected chi connectivity index (χ0v) is 58.7. The summed E-state index contributed by atoms with van der Waals surface area (Å²) in [6, 6.07) is 77.6. The minimum Gasteiger partial charge on any atom is -0.456 e. The highest BCUT2D eigenvalue weighted by atomic mass is 32.2. The van der Waals surface area contributed by atoms with Crippen molar-refractivity contribution in [2.24, 2.45) is 0 Å². The number of rotatable bonds is 7. The SMILES string of the molecule is [2H]c1c([2H])c([2H])c2c(c1[2H])c1c([2H])c([2H])c([2H])c([2H])c1n2-c1ccc2c(c1)N(c1c(-c3ccccc3)cc(C(C)(C)C)cc1-c1cccc(-c3ccccc3)c1)c1cc(-n3c4c([2H])c([2H])c([2H])c([2H])c4c4c([2H])c([2H])c([2H])c([2H])c43)cc3c1B2c1ccc2oc4ccc(-c5cccc6c5-c5ccccc5C65c6ccccc6-c6ccccc65)cc4c2c1S3. The van der Waals surface area contributed by atoms with Gasteiger partial charge in [-0.2, -0.15) is 0 Å². The molecular weight excluding hydrogens is 1310 g/mol. The van der Waals surface area contributed by atoms with E-state index in [9.17, 15) is 19.2 Å². The third kappa shape index (κ3) is 8.53. The van der Waals surface area contributed by atoms with Crippen molar-refractivity contribution in [3.8, 4) is 78.1 Å². The van der Waals surface area contributed by atoms with Crippen LogP contribution in [0.3, 0.4) is 0 Å². The maximum absolute atomic E-state index is 10.1. The fourth-order valence-electron chi connectivity index (χ4n) is 18.3. The first-order valence-corrected chi connectivity index (χ1v) is 36.8. The van der Waals surface area contributed by atoms with E-state index < -0.39 is 114 Å². The van der Waals surface area contributed by atoms with E-state index in [1.165, 1.54) is 49.7 Å². The summed E-state index contributed by atoms with van der Waals surface area (Å²) in [5.41, 5.74) is 21.8. The quantitative estimate of drug-likeness (QED) is 0.149. The van der Waals surface area contributed by atoms with Crippen LogP contribution in [0.25, 0.3) is 144 Å². The molecule has 0 saturated carbocycles. The number of nitrogens with zero attached hydrogens (tertiary/aromatic N) is 3. The fourth-order valence-corrected chi connectivity index (χ4v) is 19.7. The van der Waals surface area contributed by atoms with Gasteiger partial charge in [-0.05, 0) is 185 Å². The molecule has 0 bridgehead atoms. The van der Waals surface area contributed by atoms with Crippen molar-refractivity contribution in [3.63, 3.8) is 0 Å². The lowest BCUT2D eigenvalue weighted by atomic mass is 9.34. The third-order valence-electron chi connectivity index (χ3n) is 22.8. The molecule has 5 heterocycles. The maximum atomic E-state index is 10.1. The lowest BCUT2D eigenvalue weighted by Crippen LogP contribution is -2.60. The van der Waals surface area contributed by atoms with Gasteiger partial charge in [-0.3, -0.25) is 0 Å². The van der Waals surface area contributed by atoms with Crippen molar-refractivity contribution in [3.05, 3.63) is 373 Å². The van der Waals surface area contributed by atoms with Crippen LogP contribution in [0.2, 0.25) is 0 Å².